The van der Waals surface area contributed by atoms with Crippen molar-refractivity contribution in [1.29, 1.82) is 0 Å². The van der Waals surface area contributed by atoms with Gasteiger partial charge in [-0.25, -0.2) is 54.8 Å². The number of nitrogens with two attached hydrogens (primary N) is 5. The van der Waals surface area contributed by atoms with Crippen LogP contribution in [0.2, 0.25) is 10.0 Å². The van der Waals surface area contributed by atoms with Gasteiger partial charge >= 0.3 is 0 Å². The third kappa shape index (κ3) is 17.3. The minimum atomic E-state index is -0.235. The summed E-state index contributed by atoms with van der Waals surface area (Å²) in [5, 5.41) is 12.1. The Labute approximate surface area is 706 Å². The quantitative estimate of drug-likeness (QED) is 0.0668. The Kier molecular flexibility index (Phi) is 22.5. The Morgan fingerprint density at radius 2 is 0.917 bits per heavy atom. The first kappa shape index (κ1) is 79.3. The van der Waals surface area contributed by atoms with Crippen LogP contribution in [-0.2, 0) is 7.05 Å². The Balaban J connectivity index is 0.000000112. The Bertz CT molecular complexity index is 7160. The number of H-pyrrole nitrogens is 2. The standard InChI is InChI=1S/C18H13N5O2.C17H13BrN6.2C17H12ClN5O.C17H13N5OS/c19-14-10-21-16(17(22-14)23-8-2-1-3-15(23)24)12-4-5-13-11(9-12)6-7-20-18(13)25;1-24-6-4-13(23-24)17-16(21-9-14(19)22-17)11-7-10-3-2-5-20-15(10)12(18)8-11;1-9-21-7-13(24-9)17-16(22-8-14(19)23-17)11-5-10-3-2-4-20-15(10)12(18)6-11;1-9-7-22-17(24-9)16-15(21-8-13(19)23-16)11-5-10-3-2-4-20-14(10)12(18)6-11;1-9-20-7-13(24-9)16-15(21-8-14(18)22-16)11-2-3-12-10(6-11)4-5-19-17(12)23/h1-10H,(H2,19,22)(H,20,25);2-9H,1H3,(H2,19,22);2*2-8H,1H3,(H2,19,23);2-8H,1H3,(H2,18,22)(H,19,23). The van der Waals surface area contributed by atoms with E-state index < -0.39 is 0 Å². The molecule has 0 aliphatic carbocycles. The molecule has 15 aromatic heterocycles. The molecule has 0 spiro atoms. The molecule has 0 atom stereocenters. The van der Waals surface area contributed by atoms with Crippen LogP contribution in [0.15, 0.2) is 266 Å². The molecule has 121 heavy (non-hydrogen) atoms. The lowest BCUT2D eigenvalue weighted by molar-refractivity contribution is 0.532. The average Bonchev–Trinajstić information content (AvgIpc) is 1.78. The monoisotopic (exact) mass is 1720 g/mol. The second-order valence-electron chi connectivity index (χ2n) is 26.8. The van der Waals surface area contributed by atoms with Crippen molar-refractivity contribution in [3.05, 3.63) is 301 Å². The number of nitrogens with one attached hydrogen (secondary N) is 2. The van der Waals surface area contributed by atoms with Crippen LogP contribution in [0.5, 0.6) is 0 Å². The SMILES string of the molecule is Cc1cnc(-c2nc(N)cnc2-c2cc(Cl)c3ncccc3c2)o1.Cc1ncc(-c2nc(N)cnc2-c2cc(Cl)c3ncccc3c2)o1.Cc1ncc(-c2nc(N)cnc2-c2ccc3c(=O)[nH]ccc3c2)s1.Cn1ccc(-c2nc(N)cnc2-c2cc(Br)c3ncccc3c2)n1.Nc1cnc(-c2ccc3c(=O)[nH]ccc3c2)c(-n2ccccc2=O)n1. The van der Waals surface area contributed by atoms with Crippen LogP contribution in [0.1, 0.15) is 16.7 Å². The minimum Gasteiger partial charge on any atom is -0.440 e. The number of aromatic amines is 2. The van der Waals surface area contributed by atoms with Crippen LogP contribution < -0.4 is 45.3 Å². The highest BCUT2D eigenvalue weighted by atomic mass is 79.9. The largest absolute Gasteiger partial charge is 0.440 e. The number of aromatic nitrogens is 21. The van der Waals surface area contributed by atoms with Gasteiger partial charge in [0.05, 0.1) is 91.2 Å². The molecule has 0 saturated carbocycles. The first-order valence-corrected chi connectivity index (χ1v) is 38.9. The summed E-state index contributed by atoms with van der Waals surface area (Å²) in [5.74, 6) is 3.96. The molecule has 20 rings (SSSR count). The lowest BCUT2D eigenvalue weighted by Crippen LogP contribution is -2.18. The van der Waals surface area contributed by atoms with Crippen molar-refractivity contribution in [2.45, 2.75) is 20.8 Å². The maximum atomic E-state index is 12.2. The third-order valence-electron chi connectivity index (χ3n) is 18.4. The number of oxazole rings is 2. The van der Waals surface area contributed by atoms with Crippen LogP contribution in [-0.4, -0.2) is 104 Å². The molecule has 35 heteroatoms. The van der Waals surface area contributed by atoms with Gasteiger partial charge < -0.3 is 47.5 Å². The van der Waals surface area contributed by atoms with Gasteiger partial charge in [0.2, 0.25) is 5.89 Å². The summed E-state index contributed by atoms with van der Waals surface area (Å²) in [7, 11) is 1.86. The van der Waals surface area contributed by atoms with Gasteiger partial charge in [0.1, 0.15) is 74.7 Å². The number of benzene rings is 5. The zero-order chi connectivity index (χ0) is 84.1. The van der Waals surface area contributed by atoms with E-state index in [-0.39, 0.29) is 28.3 Å². The van der Waals surface area contributed by atoms with Gasteiger partial charge in [0, 0.05) is 129 Å². The van der Waals surface area contributed by atoms with Crippen LogP contribution in [0.3, 0.4) is 0 Å². The van der Waals surface area contributed by atoms with Crippen molar-refractivity contribution in [1.82, 2.24) is 104 Å². The van der Waals surface area contributed by atoms with E-state index in [0.717, 1.165) is 103 Å². The summed E-state index contributed by atoms with van der Waals surface area (Å²) >= 11 is 17.9. The van der Waals surface area contributed by atoms with Crippen molar-refractivity contribution in [3.8, 4) is 107 Å². The smallest absolute Gasteiger partial charge is 0.256 e. The van der Waals surface area contributed by atoms with E-state index in [0.29, 0.717) is 107 Å². The average molecular weight is 1720 g/mol. The molecule has 0 aliphatic heterocycles. The summed E-state index contributed by atoms with van der Waals surface area (Å²) in [5.41, 5.74) is 41.3. The van der Waals surface area contributed by atoms with Gasteiger partial charge in [-0.1, -0.05) is 59.6 Å². The molecule has 0 radical (unpaired) electrons. The fourth-order valence-electron chi connectivity index (χ4n) is 13.0. The number of fused-ring (bicyclic) bond motifs is 5. The fraction of sp³-hybridized carbons (Fsp3) is 0.0465. The predicted molar refractivity (Wildman–Crippen MR) is 473 cm³/mol. The molecule has 31 nitrogen and oxygen atoms in total. The molecule has 0 saturated heterocycles. The van der Waals surface area contributed by atoms with Crippen molar-refractivity contribution in [2.75, 3.05) is 28.7 Å². The summed E-state index contributed by atoms with van der Waals surface area (Å²) in [4.78, 5) is 112. The maximum Gasteiger partial charge on any atom is 0.256 e. The van der Waals surface area contributed by atoms with E-state index in [2.05, 4.69) is 111 Å². The highest BCUT2D eigenvalue weighted by Gasteiger charge is 2.23. The lowest BCUT2D eigenvalue weighted by Gasteiger charge is -2.11. The number of pyridine rings is 6. The van der Waals surface area contributed by atoms with Gasteiger partial charge in [-0.15, -0.1) is 11.3 Å². The number of anilines is 5. The second-order valence-corrected chi connectivity index (χ2v) is 29.7. The van der Waals surface area contributed by atoms with E-state index in [9.17, 15) is 14.4 Å². The van der Waals surface area contributed by atoms with E-state index >= 15 is 0 Å². The number of aryl methyl sites for hydroxylation is 4. The molecule has 0 amide bonds. The Hall–Kier alpha value is -15.6. The molecule has 20 aromatic rings. The third-order valence-corrected chi connectivity index (χ3v) is 20.5. The van der Waals surface area contributed by atoms with Gasteiger partial charge in [-0.3, -0.25) is 48.6 Å². The minimum absolute atomic E-state index is 0.110. The number of rotatable bonds is 10. The molecule has 0 bridgehead atoms. The highest BCUT2D eigenvalue weighted by Crippen LogP contribution is 2.40. The predicted octanol–water partition coefficient (Wildman–Crippen LogP) is 15.9. The summed E-state index contributed by atoms with van der Waals surface area (Å²) in [6.07, 6.45) is 24.4. The van der Waals surface area contributed by atoms with Crippen molar-refractivity contribution in [3.63, 3.8) is 0 Å². The number of hydrogen-bond donors (Lipinski definition) is 7. The van der Waals surface area contributed by atoms with Crippen LogP contribution in [0.25, 0.3) is 161 Å². The Morgan fingerprint density at radius 1 is 0.421 bits per heavy atom. The molecule has 15 heterocycles. The van der Waals surface area contributed by atoms with E-state index in [1.54, 1.807) is 127 Å². The highest BCUT2D eigenvalue weighted by molar-refractivity contribution is 9.10. The zero-order valence-electron chi connectivity index (χ0n) is 64.0. The number of thiazole rings is 1. The first-order chi connectivity index (χ1) is 58.6. The van der Waals surface area contributed by atoms with E-state index in [1.165, 1.54) is 35.4 Å². The fourth-order valence-corrected chi connectivity index (χ4v) is 14.9. The van der Waals surface area contributed by atoms with Gasteiger partial charge in [0.15, 0.2) is 23.2 Å². The van der Waals surface area contributed by atoms with Crippen LogP contribution >= 0.6 is 50.5 Å². The maximum absolute atomic E-state index is 12.2. The number of nitrogen functional groups attached to an aromatic ring is 5. The van der Waals surface area contributed by atoms with Crippen molar-refractivity contribution < 1.29 is 8.83 Å². The van der Waals surface area contributed by atoms with Crippen LogP contribution in [0, 0.1) is 20.8 Å². The van der Waals surface area contributed by atoms with Crippen molar-refractivity contribution in [2.24, 2.45) is 7.05 Å². The Morgan fingerprint density at radius 3 is 1.45 bits per heavy atom. The summed E-state index contributed by atoms with van der Waals surface area (Å²) in [6.45, 7) is 5.52. The molecule has 12 N–H and O–H groups in total. The van der Waals surface area contributed by atoms with Gasteiger partial charge in [0.25, 0.3) is 16.7 Å². The normalized spacial score (nSPS) is 11.0. The molecule has 5 aromatic carbocycles. The van der Waals surface area contributed by atoms with Gasteiger partial charge in [-0.05, 0) is 144 Å². The van der Waals surface area contributed by atoms with E-state index in [4.69, 9.17) is 60.7 Å². The topological polar surface area (TPSA) is 468 Å². The van der Waals surface area contributed by atoms with Crippen LogP contribution in [0.4, 0.5) is 29.1 Å². The first-order valence-electron chi connectivity index (χ1n) is 36.6. The van der Waals surface area contributed by atoms with Crippen molar-refractivity contribution >= 4 is 134 Å². The number of halogens is 3. The van der Waals surface area contributed by atoms with Gasteiger partial charge in [-0.2, -0.15) is 5.10 Å². The molecule has 0 unspecified atom stereocenters. The summed E-state index contributed by atoms with van der Waals surface area (Å²) in [6, 6.07) is 44.4. The number of hydrogen-bond acceptors (Lipinski definition) is 28. The second kappa shape index (κ2) is 34.3. The lowest BCUT2D eigenvalue weighted by atomic mass is 10.0. The molecule has 0 fully saturated rings. The van der Waals surface area contributed by atoms with E-state index in [1.807, 2.05) is 124 Å². The molecule has 594 valence electrons. The molecular formula is C86H63BrCl2N26O5S. The summed E-state index contributed by atoms with van der Waals surface area (Å²) < 4.78 is 15.2. The molecule has 0 aliphatic rings. The number of nitrogens with zero attached hydrogens (tertiary/aromatic N) is 19. The zero-order valence-corrected chi connectivity index (χ0v) is 67.9. The molecular weight excluding hydrogens is 1660 g/mol.